The number of aromatic nitrogens is 1. The Morgan fingerprint density at radius 2 is 1.69 bits per heavy atom. The van der Waals surface area contributed by atoms with Crippen molar-refractivity contribution < 1.29 is 9.69 Å². The number of benzene rings is 2. The lowest BCUT2D eigenvalue weighted by Gasteiger charge is -2.15. The number of quaternary nitrogens is 1. The summed E-state index contributed by atoms with van der Waals surface area (Å²) >= 11 is 0. The molecule has 3 N–H and O–H groups in total. The SMILES string of the molecule is O=C(Cc1c[nH]c2ccccc12)NCc1ccccc1C[NH+]1CCCC1. The summed E-state index contributed by atoms with van der Waals surface area (Å²) in [6, 6.07) is 16.6. The first-order valence-corrected chi connectivity index (χ1v) is 9.51. The molecule has 0 spiro atoms. The third-order valence-electron chi connectivity index (χ3n) is 5.37. The molecule has 2 heterocycles. The van der Waals surface area contributed by atoms with Crippen molar-refractivity contribution in [1.29, 1.82) is 0 Å². The largest absolute Gasteiger partial charge is 0.361 e. The number of fused-ring (bicyclic) bond motifs is 1. The highest BCUT2D eigenvalue weighted by molar-refractivity contribution is 5.88. The molecule has 4 heteroatoms. The molecule has 134 valence electrons. The average Bonchev–Trinajstić information content (AvgIpc) is 3.31. The maximum Gasteiger partial charge on any atom is 0.224 e. The van der Waals surface area contributed by atoms with Gasteiger partial charge in [-0.2, -0.15) is 0 Å². The lowest BCUT2D eigenvalue weighted by Crippen LogP contribution is -3.08. The zero-order valence-electron chi connectivity index (χ0n) is 15.1. The highest BCUT2D eigenvalue weighted by Crippen LogP contribution is 2.18. The predicted molar refractivity (Wildman–Crippen MR) is 104 cm³/mol. The van der Waals surface area contributed by atoms with Crippen LogP contribution in [-0.4, -0.2) is 24.0 Å². The number of carbonyl (C=O) groups is 1. The summed E-state index contributed by atoms with van der Waals surface area (Å²) in [5.41, 5.74) is 4.72. The number of nitrogens with one attached hydrogen (secondary N) is 3. The topological polar surface area (TPSA) is 49.3 Å². The van der Waals surface area contributed by atoms with Gasteiger partial charge in [0.25, 0.3) is 0 Å². The molecule has 1 aliphatic heterocycles. The van der Waals surface area contributed by atoms with E-state index in [0.29, 0.717) is 13.0 Å². The monoisotopic (exact) mass is 348 g/mol. The molecular weight excluding hydrogens is 322 g/mol. The molecular formula is C22H26N3O+. The minimum absolute atomic E-state index is 0.0677. The summed E-state index contributed by atoms with van der Waals surface area (Å²) in [7, 11) is 0. The molecule has 1 saturated heterocycles. The van der Waals surface area contributed by atoms with E-state index in [2.05, 4.69) is 40.6 Å². The second-order valence-corrected chi connectivity index (χ2v) is 7.22. The highest BCUT2D eigenvalue weighted by atomic mass is 16.1. The first-order valence-electron chi connectivity index (χ1n) is 9.51. The van der Waals surface area contributed by atoms with Crippen LogP contribution >= 0.6 is 0 Å². The normalized spacial score (nSPS) is 14.8. The van der Waals surface area contributed by atoms with E-state index in [9.17, 15) is 4.79 Å². The minimum Gasteiger partial charge on any atom is -0.361 e. The minimum atomic E-state index is 0.0677. The molecule has 0 radical (unpaired) electrons. The summed E-state index contributed by atoms with van der Waals surface area (Å²) in [5.74, 6) is 0.0677. The third-order valence-corrected chi connectivity index (χ3v) is 5.37. The molecule has 2 aromatic carbocycles. The van der Waals surface area contributed by atoms with Crippen molar-refractivity contribution in [3.05, 3.63) is 71.4 Å². The van der Waals surface area contributed by atoms with E-state index in [-0.39, 0.29) is 5.91 Å². The van der Waals surface area contributed by atoms with E-state index in [1.54, 1.807) is 4.90 Å². The molecule has 1 aliphatic rings. The second kappa shape index (κ2) is 7.75. The molecule has 26 heavy (non-hydrogen) atoms. The van der Waals surface area contributed by atoms with Crippen molar-refractivity contribution in [2.75, 3.05) is 13.1 Å². The fraction of sp³-hybridized carbons (Fsp3) is 0.318. The van der Waals surface area contributed by atoms with Crippen molar-refractivity contribution in [3.63, 3.8) is 0 Å². The zero-order valence-corrected chi connectivity index (χ0v) is 15.1. The summed E-state index contributed by atoms with van der Waals surface area (Å²) < 4.78 is 0. The smallest absolute Gasteiger partial charge is 0.224 e. The van der Waals surface area contributed by atoms with Gasteiger partial charge in [-0.25, -0.2) is 0 Å². The van der Waals surface area contributed by atoms with Gasteiger partial charge in [-0.05, 0) is 17.2 Å². The molecule has 1 aromatic heterocycles. The van der Waals surface area contributed by atoms with Gasteiger partial charge in [0, 0.05) is 42.0 Å². The number of para-hydroxylation sites is 1. The van der Waals surface area contributed by atoms with Crippen LogP contribution in [-0.2, 0) is 24.3 Å². The Labute approximate surface area is 154 Å². The standard InChI is InChI=1S/C22H25N3O/c26-22(13-19-15-23-21-10-4-3-9-20(19)21)24-14-17-7-1-2-8-18(17)16-25-11-5-6-12-25/h1-4,7-10,15,23H,5-6,11-14,16H2,(H,24,26)/p+1. The molecule has 1 amide bonds. The zero-order chi connectivity index (χ0) is 17.8. The lowest BCUT2D eigenvalue weighted by molar-refractivity contribution is -0.901. The molecule has 0 aliphatic carbocycles. The van der Waals surface area contributed by atoms with Crippen LogP contribution in [0.2, 0.25) is 0 Å². The van der Waals surface area contributed by atoms with Gasteiger partial charge in [0.2, 0.25) is 5.91 Å². The molecule has 1 fully saturated rings. The molecule has 4 nitrogen and oxygen atoms in total. The van der Waals surface area contributed by atoms with Crippen molar-refractivity contribution in [3.8, 4) is 0 Å². The quantitative estimate of drug-likeness (QED) is 0.628. The maximum atomic E-state index is 12.5. The van der Waals surface area contributed by atoms with Gasteiger partial charge >= 0.3 is 0 Å². The number of carbonyl (C=O) groups excluding carboxylic acids is 1. The maximum absolute atomic E-state index is 12.5. The van der Waals surface area contributed by atoms with Crippen LogP contribution < -0.4 is 10.2 Å². The fourth-order valence-corrected chi connectivity index (χ4v) is 3.93. The van der Waals surface area contributed by atoms with Gasteiger partial charge in [-0.15, -0.1) is 0 Å². The molecule has 3 aromatic rings. The van der Waals surface area contributed by atoms with Crippen LogP contribution in [0.25, 0.3) is 10.9 Å². The summed E-state index contributed by atoms with van der Waals surface area (Å²) in [5, 5.41) is 4.23. The van der Waals surface area contributed by atoms with Gasteiger partial charge in [0.15, 0.2) is 0 Å². The van der Waals surface area contributed by atoms with Gasteiger partial charge in [-0.1, -0.05) is 42.5 Å². The van der Waals surface area contributed by atoms with Crippen molar-refractivity contribution in [2.45, 2.75) is 32.4 Å². The Morgan fingerprint density at radius 1 is 0.962 bits per heavy atom. The number of likely N-dealkylation sites (tertiary alicyclic amines) is 1. The van der Waals surface area contributed by atoms with Crippen LogP contribution in [0, 0.1) is 0 Å². The molecule has 0 atom stereocenters. The number of rotatable bonds is 6. The molecule has 0 saturated carbocycles. The number of aromatic amines is 1. The Kier molecular flexibility index (Phi) is 5.02. The highest BCUT2D eigenvalue weighted by Gasteiger charge is 2.17. The predicted octanol–water partition coefficient (Wildman–Crippen LogP) is 2.21. The van der Waals surface area contributed by atoms with Crippen molar-refractivity contribution >= 4 is 16.8 Å². The Bertz CT molecular complexity index is 893. The van der Waals surface area contributed by atoms with E-state index in [4.69, 9.17) is 0 Å². The summed E-state index contributed by atoms with van der Waals surface area (Å²) in [6.45, 7) is 4.20. The van der Waals surface area contributed by atoms with Crippen LogP contribution in [0.3, 0.4) is 0 Å². The lowest BCUT2D eigenvalue weighted by atomic mass is 10.1. The first-order chi connectivity index (χ1) is 12.8. The fourth-order valence-electron chi connectivity index (χ4n) is 3.93. The molecule has 4 rings (SSSR count). The van der Waals surface area contributed by atoms with Crippen LogP contribution in [0.5, 0.6) is 0 Å². The van der Waals surface area contributed by atoms with Crippen molar-refractivity contribution in [1.82, 2.24) is 10.3 Å². The van der Waals surface area contributed by atoms with Crippen LogP contribution in [0.4, 0.5) is 0 Å². The van der Waals surface area contributed by atoms with Crippen LogP contribution in [0.1, 0.15) is 29.5 Å². The molecule has 0 bridgehead atoms. The number of hydrogen-bond acceptors (Lipinski definition) is 1. The van der Waals surface area contributed by atoms with E-state index in [1.165, 1.54) is 37.1 Å². The summed E-state index contributed by atoms with van der Waals surface area (Å²) in [4.78, 5) is 17.3. The average molecular weight is 348 g/mol. The second-order valence-electron chi connectivity index (χ2n) is 7.22. The van der Waals surface area contributed by atoms with Gasteiger partial charge < -0.3 is 15.2 Å². The van der Waals surface area contributed by atoms with E-state index < -0.39 is 0 Å². The number of amides is 1. The van der Waals surface area contributed by atoms with Crippen molar-refractivity contribution in [2.24, 2.45) is 0 Å². The molecule has 0 unspecified atom stereocenters. The van der Waals surface area contributed by atoms with E-state index in [1.807, 2.05) is 24.4 Å². The Hall–Kier alpha value is -2.59. The van der Waals surface area contributed by atoms with Gasteiger partial charge in [-0.3, -0.25) is 4.79 Å². The first kappa shape index (κ1) is 16.9. The van der Waals surface area contributed by atoms with Gasteiger partial charge in [0.05, 0.1) is 19.5 Å². The number of H-pyrrole nitrogens is 1. The number of hydrogen-bond donors (Lipinski definition) is 3. The Balaban J connectivity index is 1.38. The Morgan fingerprint density at radius 3 is 2.54 bits per heavy atom. The van der Waals surface area contributed by atoms with E-state index in [0.717, 1.165) is 23.0 Å². The van der Waals surface area contributed by atoms with E-state index >= 15 is 0 Å². The van der Waals surface area contributed by atoms with Gasteiger partial charge in [0.1, 0.15) is 6.54 Å². The summed E-state index contributed by atoms with van der Waals surface area (Å²) in [6.07, 6.45) is 5.01. The third kappa shape index (κ3) is 3.81. The van der Waals surface area contributed by atoms with Crippen LogP contribution in [0.15, 0.2) is 54.7 Å².